The van der Waals surface area contributed by atoms with Crippen molar-refractivity contribution < 1.29 is 9.53 Å². The number of amides is 1. The Labute approximate surface area is 137 Å². The van der Waals surface area contributed by atoms with Crippen molar-refractivity contribution in [1.82, 2.24) is 10.2 Å². The molecule has 0 radical (unpaired) electrons. The molecule has 122 valence electrons. The van der Waals surface area contributed by atoms with Crippen LogP contribution in [0.3, 0.4) is 0 Å². The number of carbonyl (C=O) groups is 1. The van der Waals surface area contributed by atoms with Gasteiger partial charge in [0.1, 0.15) is 5.75 Å². The molecule has 2 rings (SSSR count). The van der Waals surface area contributed by atoms with Crippen molar-refractivity contribution in [1.29, 1.82) is 0 Å². The third kappa shape index (κ3) is 5.50. The number of hydrogen-bond donors (Lipinski definition) is 1. The normalized spacial score (nSPS) is 15.8. The summed E-state index contributed by atoms with van der Waals surface area (Å²) in [6.07, 6.45) is 2.62. The zero-order valence-electron chi connectivity index (χ0n) is 13.2. The lowest BCUT2D eigenvalue weighted by molar-refractivity contribution is -0.133. The standard InChI is InChI=1S/C17H25ClN2O2/c1-2-19-13-14-7-10-20(11-8-14)17(21)9-12-22-16-5-3-15(18)4-6-16/h3-6,14,19H,2,7-13H2,1H3. The number of rotatable bonds is 7. The van der Waals surface area contributed by atoms with E-state index >= 15 is 0 Å². The Balaban J connectivity index is 1.64. The van der Waals surface area contributed by atoms with Crippen molar-refractivity contribution >= 4 is 17.5 Å². The molecule has 1 amide bonds. The number of nitrogens with one attached hydrogen (secondary N) is 1. The van der Waals surface area contributed by atoms with Crippen molar-refractivity contribution in [2.75, 3.05) is 32.8 Å². The first-order valence-corrected chi connectivity index (χ1v) is 8.43. The summed E-state index contributed by atoms with van der Waals surface area (Å²) in [6, 6.07) is 7.21. The van der Waals surface area contributed by atoms with Crippen LogP contribution in [0.4, 0.5) is 0 Å². The van der Waals surface area contributed by atoms with E-state index in [-0.39, 0.29) is 5.91 Å². The number of ether oxygens (including phenoxy) is 1. The summed E-state index contributed by atoms with van der Waals surface area (Å²) in [7, 11) is 0. The van der Waals surface area contributed by atoms with Gasteiger partial charge in [-0.05, 0) is 56.1 Å². The molecule has 22 heavy (non-hydrogen) atoms. The van der Waals surface area contributed by atoms with Crippen LogP contribution in [0.15, 0.2) is 24.3 Å². The van der Waals surface area contributed by atoms with Crippen molar-refractivity contribution in [3.63, 3.8) is 0 Å². The second-order valence-corrected chi connectivity index (χ2v) is 6.12. The SMILES string of the molecule is CCNCC1CCN(C(=O)CCOc2ccc(Cl)cc2)CC1. The number of nitrogens with zero attached hydrogens (tertiary/aromatic N) is 1. The van der Waals surface area contributed by atoms with Gasteiger partial charge in [-0.2, -0.15) is 0 Å². The van der Waals surface area contributed by atoms with Crippen molar-refractivity contribution in [2.24, 2.45) is 5.92 Å². The highest BCUT2D eigenvalue weighted by molar-refractivity contribution is 6.30. The topological polar surface area (TPSA) is 41.6 Å². The molecule has 0 aromatic heterocycles. The molecule has 0 saturated carbocycles. The molecule has 1 aliphatic rings. The lowest BCUT2D eigenvalue weighted by Gasteiger charge is -2.32. The number of carbonyl (C=O) groups excluding carboxylic acids is 1. The Hall–Kier alpha value is -1.26. The van der Waals surface area contributed by atoms with Crippen LogP contribution in [-0.2, 0) is 4.79 Å². The van der Waals surface area contributed by atoms with Gasteiger partial charge in [-0.1, -0.05) is 18.5 Å². The van der Waals surface area contributed by atoms with E-state index in [2.05, 4.69) is 12.2 Å². The summed E-state index contributed by atoms with van der Waals surface area (Å²) < 4.78 is 5.58. The monoisotopic (exact) mass is 324 g/mol. The highest BCUT2D eigenvalue weighted by Crippen LogP contribution is 2.18. The van der Waals surface area contributed by atoms with E-state index in [1.807, 2.05) is 17.0 Å². The summed E-state index contributed by atoms with van der Waals surface area (Å²) in [4.78, 5) is 14.1. The van der Waals surface area contributed by atoms with E-state index in [4.69, 9.17) is 16.3 Å². The number of hydrogen-bond acceptors (Lipinski definition) is 3. The molecule has 0 atom stereocenters. The first-order chi connectivity index (χ1) is 10.7. The Bertz CT molecular complexity index is 456. The summed E-state index contributed by atoms with van der Waals surface area (Å²) in [5.74, 6) is 1.65. The Morgan fingerprint density at radius 1 is 1.32 bits per heavy atom. The predicted octanol–water partition coefficient (Wildman–Crippen LogP) is 2.96. The minimum atomic E-state index is 0.191. The third-order valence-corrected chi connectivity index (χ3v) is 4.30. The Morgan fingerprint density at radius 2 is 2.00 bits per heavy atom. The summed E-state index contributed by atoms with van der Waals surface area (Å²) in [5.41, 5.74) is 0. The summed E-state index contributed by atoms with van der Waals surface area (Å²) in [5, 5.41) is 4.07. The predicted molar refractivity (Wildman–Crippen MR) is 89.4 cm³/mol. The molecule has 1 N–H and O–H groups in total. The van der Waals surface area contributed by atoms with E-state index in [9.17, 15) is 4.79 Å². The molecule has 1 aromatic carbocycles. The van der Waals surface area contributed by atoms with E-state index in [0.29, 0.717) is 24.0 Å². The van der Waals surface area contributed by atoms with E-state index in [1.54, 1.807) is 12.1 Å². The summed E-state index contributed by atoms with van der Waals surface area (Å²) >= 11 is 5.82. The van der Waals surface area contributed by atoms with Crippen LogP contribution in [-0.4, -0.2) is 43.6 Å². The van der Waals surface area contributed by atoms with E-state index < -0.39 is 0 Å². The zero-order valence-corrected chi connectivity index (χ0v) is 13.9. The minimum absolute atomic E-state index is 0.191. The second-order valence-electron chi connectivity index (χ2n) is 5.68. The largest absolute Gasteiger partial charge is 0.493 e. The molecule has 0 spiro atoms. The minimum Gasteiger partial charge on any atom is -0.493 e. The molecule has 0 bridgehead atoms. The molecule has 1 saturated heterocycles. The van der Waals surface area contributed by atoms with Gasteiger partial charge in [0.2, 0.25) is 5.91 Å². The quantitative estimate of drug-likeness (QED) is 0.838. The fourth-order valence-corrected chi connectivity index (χ4v) is 2.81. The highest BCUT2D eigenvalue weighted by Gasteiger charge is 2.22. The Morgan fingerprint density at radius 3 is 2.64 bits per heavy atom. The van der Waals surface area contributed by atoms with Crippen LogP contribution in [0, 0.1) is 5.92 Å². The van der Waals surface area contributed by atoms with Gasteiger partial charge in [0.25, 0.3) is 0 Å². The molecule has 1 aliphatic heterocycles. The van der Waals surface area contributed by atoms with E-state index in [0.717, 1.165) is 44.8 Å². The molecular formula is C17H25ClN2O2. The van der Waals surface area contributed by atoms with Crippen molar-refractivity contribution in [2.45, 2.75) is 26.2 Å². The van der Waals surface area contributed by atoms with Gasteiger partial charge < -0.3 is 15.0 Å². The molecule has 0 unspecified atom stereocenters. The van der Waals surface area contributed by atoms with Crippen molar-refractivity contribution in [3.05, 3.63) is 29.3 Å². The van der Waals surface area contributed by atoms with Gasteiger partial charge in [0.05, 0.1) is 13.0 Å². The number of piperidine rings is 1. The number of likely N-dealkylation sites (tertiary alicyclic amines) is 1. The van der Waals surface area contributed by atoms with Gasteiger partial charge in [0, 0.05) is 18.1 Å². The average Bonchev–Trinajstić information content (AvgIpc) is 2.55. The average molecular weight is 325 g/mol. The van der Waals surface area contributed by atoms with Gasteiger partial charge >= 0.3 is 0 Å². The van der Waals surface area contributed by atoms with Crippen LogP contribution >= 0.6 is 11.6 Å². The maximum absolute atomic E-state index is 12.2. The fraction of sp³-hybridized carbons (Fsp3) is 0.588. The molecule has 1 fully saturated rings. The van der Waals surface area contributed by atoms with Crippen molar-refractivity contribution in [3.8, 4) is 5.75 Å². The summed E-state index contributed by atoms with van der Waals surface area (Å²) in [6.45, 7) is 6.36. The number of halogens is 1. The first-order valence-electron chi connectivity index (χ1n) is 8.06. The molecule has 5 heteroatoms. The molecule has 1 heterocycles. The van der Waals surface area contributed by atoms with Gasteiger partial charge in [-0.3, -0.25) is 4.79 Å². The van der Waals surface area contributed by atoms with Crippen LogP contribution in [0.2, 0.25) is 5.02 Å². The van der Waals surface area contributed by atoms with Crippen LogP contribution in [0.1, 0.15) is 26.2 Å². The lowest BCUT2D eigenvalue weighted by atomic mass is 9.96. The molecule has 0 aliphatic carbocycles. The van der Waals surface area contributed by atoms with Crippen LogP contribution < -0.4 is 10.1 Å². The Kier molecular flexibility index (Phi) is 7.00. The fourth-order valence-electron chi connectivity index (χ4n) is 2.68. The lowest BCUT2D eigenvalue weighted by Crippen LogP contribution is -2.41. The highest BCUT2D eigenvalue weighted by atomic mass is 35.5. The molecule has 1 aromatic rings. The first kappa shape index (κ1) is 17.1. The molecular weight excluding hydrogens is 300 g/mol. The van der Waals surface area contributed by atoms with Crippen LogP contribution in [0.5, 0.6) is 5.75 Å². The smallest absolute Gasteiger partial charge is 0.225 e. The zero-order chi connectivity index (χ0) is 15.8. The van der Waals surface area contributed by atoms with Gasteiger partial charge in [-0.15, -0.1) is 0 Å². The maximum Gasteiger partial charge on any atom is 0.225 e. The van der Waals surface area contributed by atoms with Gasteiger partial charge in [-0.25, -0.2) is 0 Å². The molecule has 4 nitrogen and oxygen atoms in total. The van der Waals surface area contributed by atoms with Gasteiger partial charge in [0.15, 0.2) is 0 Å². The number of benzene rings is 1. The maximum atomic E-state index is 12.2. The second kappa shape index (κ2) is 9.01. The third-order valence-electron chi connectivity index (χ3n) is 4.05. The van der Waals surface area contributed by atoms with Crippen LogP contribution in [0.25, 0.3) is 0 Å². The van der Waals surface area contributed by atoms with E-state index in [1.165, 1.54) is 0 Å².